The molecule has 1 amide bonds. The lowest BCUT2D eigenvalue weighted by Gasteiger charge is -2.41. The molecule has 1 heterocycles. The first-order chi connectivity index (χ1) is 11.1. The van der Waals surface area contributed by atoms with Crippen molar-refractivity contribution in [3.8, 4) is 0 Å². The monoisotopic (exact) mass is 329 g/mol. The fraction of sp³-hybridized carbons (Fsp3) is 0.389. The van der Waals surface area contributed by atoms with Gasteiger partial charge in [-0.05, 0) is 37.5 Å². The lowest BCUT2D eigenvalue weighted by atomic mass is 9.63. The Kier molecular flexibility index (Phi) is 4.62. The minimum Gasteiger partial charge on any atom is -0.352 e. The molecule has 1 aliphatic rings. The summed E-state index contributed by atoms with van der Waals surface area (Å²) >= 11 is 5.96. The van der Waals surface area contributed by atoms with E-state index in [9.17, 15) is 4.79 Å². The van der Waals surface area contributed by atoms with Crippen molar-refractivity contribution in [1.29, 1.82) is 0 Å². The van der Waals surface area contributed by atoms with Crippen molar-refractivity contribution in [1.82, 2.24) is 15.3 Å². The molecule has 1 atom stereocenters. The molecule has 23 heavy (non-hydrogen) atoms. The summed E-state index contributed by atoms with van der Waals surface area (Å²) < 4.78 is 0. The molecule has 0 saturated heterocycles. The largest absolute Gasteiger partial charge is 0.352 e. The van der Waals surface area contributed by atoms with Crippen LogP contribution in [-0.2, 0) is 16.6 Å². The predicted octanol–water partition coefficient (Wildman–Crippen LogP) is 3.30. The van der Waals surface area contributed by atoms with Crippen LogP contribution in [0.3, 0.4) is 0 Å². The van der Waals surface area contributed by atoms with E-state index in [-0.39, 0.29) is 11.9 Å². The number of hydrogen-bond donors (Lipinski definition) is 1. The maximum Gasteiger partial charge on any atom is 0.230 e. The van der Waals surface area contributed by atoms with Gasteiger partial charge in [-0.2, -0.15) is 0 Å². The van der Waals surface area contributed by atoms with Crippen molar-refractivity contribution in [2.24, 2.45) is 0 Å². The molecular weight excluding hydrogens is 310 g/mol. The number of benzene rings is 1. The van der Waals surface area contributed by atoms with Gasteiger partial charge in [0.05, 0.1) is 11.1 Å². The Morgan fingerprint density at radius 3 is 2.61 bits per heavy atom. The van der Waals surface area contributed by atoms with Crippen molar-refractivity contribution in [3.63, 3.8) is 0 Å². The summed E-state index contributed by atoms with van der Waals surface area (Å²) in [6, 6.07) is 7.66. The number of halogens is 1. The van der Waals surface area contributed by atoms with Crippen LogP contribution in [0.1, 0.15) is 37.4 Å². The molecule has 0 unspecified atom stereocenters. The van der Waals surface area contributed by atoms with Crippen molar-refractivity contribution < 1.29 is 4.79 Å². The van der Waals surface area contributed by atoms with Gasteiger partial charge in [0, 0.05) is 36.1 Å². The van der Waals surface area contributed by atoms with E-state index in [1.165, 1.54) is 0 Å². The van der Waals surface area contributed by atoms with Crippen LogP contribution in [0.5, 0.6) is 0 Å². The van der Waals surface area contributed by atoms with Crippen LogP contribution >= 0.6 is 11.6 Å². The zero-order valence-corrected chi connectivity index (χ0v) is 13.9. The highest BCUT2D eigenvalue weighted by atomic mass is 35.5. The molecule has 5 heteroatoms. The van der Waals surface area contributed by atoms with E-state index in [0.29, 0.717) is 11.4 Å². The number of nitrogens with one attached hydrogen (secondary N) is 1. The third kappa shape index (κ3) is 3.37. The van der Waals surface area contributed by atoms with Gasteiger partial charge in [0.2, 0.25) is 5.91 Å². The smallest absolute Gasteiger partial charge is 0.230 e. The van der Waals surface area contributed by atoms with Gasteiger partial charge in [0.25, 0.3) is 0 Å². The molecule has 0 spiro atoms. The quantitative estimate of drug-likeness (QED) is 0.915. The zero-order chi connectivity index (χ0) is 16.3. The van der Waals surface area contributed by atoms with E-state index in [1.807, 2.05) is 31.2 Å². The number of carbonyl (C=O) groups excluding carboxylic acids is 1. The van der Waals surface area contributed by atoms with Crippen LogP contribution in [-0.4, -0.2) is 21.9 Å². The third-order valence-corrected chi connectivity index (χ3v) is 4.80. The Morgan fingerprint density at radius 2 is 2.04 bits per heavy atom. The molecule has 1 saturated carbocycles. The SMILES string of the molecule is C[C@H](Cc1cnccn1)NC(=O)C1(c2ccc(Cl)cc2)CCC1. The first-order valence-corrected chi connectivity index (χ1v) is 8.30. The van der Waals surface area contributed by atoms with Gasteiger partial charge in [-0.15, -0.1) is 0 Å². The van der Waals surface area contributed by atoms with Crippen molar-refractivity contribution in [3.05, 3.63) is 59.1 Å². The van der Waals surface area contributed by atoms with Crippen molar-refractivity contribution >= 4 is 17.5 Å². The summed E-state index contributed by atoms with van der Waals surface area (Å²) in [7, 11) is 0. The Hall–Kier alpha value is -1.94. The number of nitrogens with zero attached hydrogens (tertiary/aromatic N) is 2. The minimum atomic E-state index is -0.402. The average molecular weight is 330 g/mol. The summed E-state index contributed by atoms with van der Waals surface area (Å²) in [4.78, 5) is 21.2. The number of aromatic nitrogens is 2. The first kappa shape index (κ1) is 15.9. The molecule has 1 N–H and O–H groups in total. The molecule has 4 nitrogen and oxygen atoms in total. The van der Waals surface area contributed by atoms with Crippen LogP contribution in [0.25, 0.3) is 0 Å². The summed E-state index contributed by atoms with van der Waals surface area (Å²) in [5.41, 5.74) is 1.54. The van der Waals surface area contributed by atoms with E-state index in [4.69, 9.17) is 11.6 Å². The van der Waals surface area contributed by atoms with Crippen LogP contribution in [0.4, 0.5) is 0 Å². The van der Waals surface area contributed by atoms with Gasteiger partial charge in [0.15, 0.2) is 0 Å². The summed E-state index contributed by atoms with van der Waals surface area (Å²) in [5.74, 6) is 0.0995. The normalized spacial score (nSPS) is 17.1. The van der Waals surface area contributed by atoms with Gasteiger partial charge in [-0.1, -0.05) is 30.2 Å². The minimum absolute atomic E-state index is 0.0176. The second kappa shape index (κ2) is 6.67. The lowest BCUT2D eigenvalue weighted by molar-refractivity contribution is -0.130. The van der Waals surface area contributed by atoms with Crippen molar-refractivity contribution in [2.45, 2.75) is 44.1 Å². The van der Waals surface area contributed by atoms with Gasteiger partial charge in [0.1, 0.15) is 0 Å². The number of amides is 1. The second-order valence-electron chi connectivity index (χ2n) is 6.22. The van der Waals surface area contributed by atoms with Crippen LogP contribution in [0, 0.1) is 0 Å². The summed E-state index contributed by atoms with van der Waals surface area (Å²) in [6.07, 6.45) is 8.59. The Morgan fingerprint density at radius 1 is 1.30 bits per heavy atom. The summed E-state index contributed by atoms with van der Waals surface area (Å²) in [5, 5.41) is 3.84. The number of hydrogen-bond acceptors (Lipinski definition) is 3. The standard InChI is InChI=1S/C18H20ClN3O/c1-13(11-16-12-20-9-10-21-16)22-17(23)18(7-2-8-18)14-3-5-15(19)6-4-14/h3-6,9-10,12-13H,2,7-8,11H2,1H3,(H,22,23)/t13-/m1/s1. The van der Waals surface area contributed by atoms with Gasteiger partial charge >= 0.3 is 0 Å². The molecule has 1 fully saturated rings. The molecule has 2 aromatic rings. The van der Waals surface area contributed by atoms with Crippen LogP contribution in [0.15, 0.2) is 42.9 Å². The van der Waals surface area contributed by atoms with Crippen LogP contribution < -0.4 is 5.32 Å². The van der Waals surface area contributed by atoms with E-state index in [1.54, 1.807) is 18.6 Å². The molecule has 1 aromatic heterocycles. The zero-order valence-electron chi connectivity index (χ0n) is 13.1. The first-order valence-electron chi connectivity index (χ1n) is 7.92. The molecule has 0 aliphatic heterocycles. The Bertz CT molecular complexity index is 668. The number of rotatable bonds is 5. The second-order valence-corrected chi connectivity index (χ2v) is 6.65. The van der Waals surface area contributed by atoms with E-state index >= 15 is 0 Å². The topological polar surface area (TPSA) is 54.9 Å². The molecule has 0 radical (unpaired) electrons. The number of carbonyl (C=O) groups is 1. The van der Waals surface area contributed by atoms with Crippen molar-refractivity contribution in [2.75, 3.05) is 0 Å². The molecule has 3 rings (SSSR count). The fourth-order valence-corrected chi connectivity index (χ4v) is 3.23. The highest BCUT2D eigenvalue weighted by molar-refractivity contribution is 6.30. The highest BCUT2D eigenvalue weighted by Gasteiger charge is 2.45. The third-order valence-electron chi connectivity index (χ3n) is 4.55. The molecule has 1 aliphatic carbocycles. The van der Waals surface area contributed by atoms with Gasteiger partial charge < -0.3 is 5.32 Å². The Labute approximate surface area is 141 Å². The molecular formula is C18H20ClN3O. The molecule has 120 valence electrons. The highest BCUT2D eigenvalue weighted by Crippen LogP contribution is 2.44. The average Bonchev–Trinajstić information content (AvgIpc) is 2.49. The van der Waals surface area contributed by atoms with Crippen LogP contribution in [0.2, 0.25) is 5.02 Å². The van der Waals surface area contributed by atoms with Gasteiger partial charge in [-0.25, -0.2) is 0 Å². The summed E-state index contributed by atoms with van der Waals surface area (Å²) in [6.45, 7) is 2.00. The molecule has 0 bridgehead atoms. The fourth-order valence-electron chi connectivity index (χ4n) is 3.11. The maximum absolute atomic E-state index is 12.9. The van der Waals surface area contributed by atoms with E-state index in [2.05, 4.69) is 15.3 Å². The van der Waals surface area contributed by atoms with Gasteiger partial charge in [-0.3, -0.25) is 14.8 Å². The predicted molar refractivity (Wildman–Crippen MR) is 90.3 cm³/mol. The Balaban J connectivity index is 1.69. The lowest BCUT2D eigenvalue weighted by Crippen LogP contribution is -2.51. The van der Waals surface area contributed by atoms with E-state index in [0.717, 1.165) is 30.5 Å². The van der Waals surface area contributed by atoms with E-state index < -0.39 is 5.41 Å². The maximum atomic E-state index is 12.9. The molecule has 1 aromatic carbocycles.